The number of phenolic OH excluding ortho intramolecular Hbond substituents is 1. The molecule has 5 nitrogen and oxygen atoms in total. The van der Waals surface area contributed by atoms with Gasteiger partial charge in [-0.25, -0.2) is 4.79 Å². The molecule has 3 N–H and O–H groups in total. The van der Waals surface area contributed by atoms with E-state index in [9.17, 15) is 15.0 Å². The van der Waals surface area contributed by atoms with E-state index in [1.807, 2.05) is 0 Å². The second kappa shape index (κ2) is 4.63. The van der Waals surface area contributed by atoms with Crippen LogP contribution in [0, 0.1) is 0 Å². The van der Waals surface area contributed by atoms with E-state index >= 15 is 0 Å². The van der Waals surface area contributed by atoms with E-state index in [-0.39, 0.29) is 5.75 Å². The van der Waals surface area contributed by atoms with E-state index in [0.717, 1.165) is 0 Å². The van der Waals surface area contributed by atoms with Crippen molar-refractivity contribution in [3.63, 3.8) is 0 Å². The topological polar surface area (TPSA) is 87.0 Å². The fourth-order valence-electron chi connectivity index (χ4n) is 1.56. The van der Waals surface area contributed by atoms with E-state index in [0.29, 0.717) is 11.3 Å². The lowest BCUT2D eigenvalue weighted by atomic mass is 9.79. The Morgan fingerprint density at radius 3 is 2.41 bits per heavy atom. The van der Waals surface area contributed by atoms with Gasteiger partial charge < -0.3 is 20.1 Å². The molecule has 0 saturated carbocycles. The second-order valence-electron chi connectivity index (χ2n) is 4.35. The summed E-state index contributed by atoms with van der Waals surface area (Å²) >= 11 is 0. The van der Waals surface area contributed by atoms with Gasteiger partial charge in [0.25, 0.3) is 0 Å². The first kappa shape index (κ1) is 13.3. The van der Waals surface area contributed by atoms with Crippen LogP contribution < -0.4 is 4.74 Å². The lowest BCUT2D eigenvalue weighted by Gasteiger charge is -2.28. The molecule has 5 heteroatoms. The SMILES string of the molecule is COc1ccc(C(C)(C)C(O)C(=O)O)cc1O. The third kappa shape index (κ3) is 2.50. The smallest absolute Gasteiger partial charge is 0.333 e. The Morgan fingerprint density at radius 1 is 1.41 bits per heavy atom. The van der Waals surface area contributed by atoms with Gasteiger partial charge in [-0.05, 0) is 17.7 Å². The van der Waals surface area contributed by atoms with E-state index < -0.39 is 17.5 Å². The minimum Gasteiger partial charge on any atom is -0.504 e. The van der Waals surface area contributed by atoms with Crippen LogP contribution in [0.2, 0.25) is 0 Å². The first-order valence-corrected chi connectivity index (χ1v) is 5.09. The predicted molar refractivity (Wildman–Crippen MR) is 61.3 cm³/mol. The number of aliphatic hydroxyl groups excluding tert-OH is 1. The monoisotopic (exact) mass is 240 g/mol. The third-order valence-corrected chi connectivity index (χ3v) is 2.84. The summed E-state index contributed by atoms with van der Waals surface area (Å²) in [4.78, 5) is 10.8. The number of hydrogen-bond acceptors (Lipinski definition) is 4. The molecule has 0 spiro atoms. The minimum absolute atomic E-state index is 0.0873. The molecule has 0 aliphatic carbocycles. The molecular weight excluding hydrogens is 224 g/mol. The quantitative estimate of drug-likeness (QED) is 0.734. The number of ether oxygens (including phenoxy) is 1. The Hall–Kier alpha value is -1.75. The number of carboxylic acid groups (broad SMARTS) is 1. The minimum atomic E-state index is -1.55. The van der Waals surface area contributed by atoms with Crippen LogP contribution in [0.1, 0.15) is 19.4 Å². The zero-order valence-electron chi connectivity index (χ0n) is 9.97. The number of methoxy groups -OCH3 is 1. The van der Waals surface area contributed by atoms with Crippen molar-refractivity contribution in [3.05, 3.63) is 23.8 Å². The summed E-state index contributed by atoms with van der Waals surface area (Å²) in [6, 6.07) is 4.54. The molecule has 0 aromatic heterocycles. The maximum atomic E-state index is 10.8. The first-order valence-electron chi connectivity index (χ1n) is 5.09. The van der Waals surface area contributed by atoms with Crippen molar-refractivity contribution in [3.8, 4) is 11.5 Å². The van der Waals surface area contributed by atoms with Crippen LogP contribution in [0.25, 0.3) is 0 Å². The zero-order valence-corrected chi connectivity index (χ0v) is 9.97. The fraction of sp³-hybridized carbons (Fsp3) is 0.417. The molecule has 0 aliphatic heterocycles. The molecule has 0 bridgehead atoms. The number of phenols is 1. The number of aliphatic hydroxyl groups is 1. The molecule has 1 rings (SSSR count). The molecule has 1 unspecified atom stereocenters. The molecule has 94 valence electrons. The van der Waals surface area contributed by atoms with Crippen LogP contribution in [0.15, 0.2) is 18.2 Å². The highest BCUT2D eigenvalue weighted by Gasteiger charge is 2.35. The maximum Gasteiger partial charge on any atom is 0.333 e. The van der Waals surface area contributed by atoms with Gasteiger partial charge in [0.05, 0.1) is 7.11 Å². The third-order valence-electron chi connectivity index (χ3n) is 2.84. The Bertz CT molecular complexity index is 425. The van der Waals surface area contributed by atoms with Gasteiger partial charge in [0.2, 0.25) is 0 Å². The van der Waals surface area contributed by atoms with E-state index in [2.05, 4.69) is 0 Å². The van der Waals surface area contributed by atoms with Crippen LogP contribution in [0.5, 0.6) is 11.5 Å². The number of carboxylic acids is 1. The number of rotatable bonds is 4. The Kier molecular flexibility index (Phi) is 3.63. The summed E-state index contributed by atoms with van der Waals surface area (Å²) in [5.41, 5.74) is -0.485. The van der Waals surface area contributed by atoms with Crippen LogP contribution in [-0.4, -0.2) is 34.5 Å². The number of aromatic hydroxyl groups is 1. The zero-order chi connectivity index (χ0) is 13.2. The molecule has 0 amide bonds. The van der Waals surface area contributed by atoms with Crippen molar-refractivity contribution in [2.75, 3.05) is 7.11 Å². The van der Waals surface area contributed by atoms with Gasteiger partial charge in [-0.3, -0.25) is 0 Å². The summed E-state index contributed by atoms with van der Waals surface area (Å²) in [6.45, 7) is 3.18. The molecule has 0 radical (unpaired) electrons. The van der Waals surface area contributed by atoms with Gasteiger partial charge in [-0.1, -0.05) is 19.9 Å². The first-order chi connectivity index (χ1) is 7.80. The molecule has 0 fully saturated rings. The van der Waals surface area contributed by atoms with Crippen molar-refractivity contribution in [2.45, 2.75) is 25.4 Å². The van der Waals surface area contributed by atoms with Gasteiger partial charge in [0.15, 0.2) is 17.6 Å². The summed E-state index contributed by atoms with van der Waals surface area (Å²) < 4.78 is 4.89. The number of benzene rings is 1. The normalized spacial score (nSPS) is 13.2. The lowest BCUT2D eigenvalue weighted by molar-refractivity contribution is -0.150. The Labute approximate surface area is 99.3 Å². The number of carbonyl (C=O) groups is 1. The van der Waals surface area contributed by atoms with Gasteiger partial charge >= 0.3 is 5.97 Å². The average Bonchev–Trinajstić information content (AvgIpc) is 2.27. The Morgan fingerprint density at radius 2 is 2.00 bits per heavy atom. The van der Waals surface area contributed by atoms with Gasteiger partial charge in [-0.15, -0.1) is 0 Å². The largest absolute Gasteiger partial charge is 0.504 e. The lowest BCUT2D eigenvalue weighted by Crippen LogP contribution is -2.39. The standard InChI is InChI=1S/C12H16O5/c1-12(2,10(14)11(15)16)7-4-5-9(17-3)8(13)6-7/h4-6,10,13-14H,1-3H3,(H,15,16). The van der Waals surface area contributed by atoms with E-state index in [1.165, 1.54) is 19.2 Å². The second-order valence-corrected chi connectivity index (χ2v) is 4.35. The molecule has 1 aromatic carbocycles. The molecule has 0 saturated heterocycles. The number of aliphatic carboxylic acids is 1. The van der Waals surface area contributed by atoms with Crippen molar-refractivity contribution < 1.29 is 24.9 Å². The molecule has 1 atom stereocenters. The molecule has 1 aromatic rings. The van der Waals surface area contributed by atoms with E-state index in [1.54, 1.807) is 19.9 Å². The molecule has 0 aliphatic rings. The average molecular weight is 240 g/mol. The van der Waals surface area contributed by atoms with Gasteiger partial charge in [-0.2, -0.15) is 0 Å². The summed E-state index contributed by atoms with van der Waals surface area (Å²) in [7, 11) is 1.42. The fourth-order valence-corrected chi connectivity index (χ4v) is 1.56. The molecular formula is C12H16O5. The maximum absolute atomic E-state index is 10.8. The molecule has 0 heterocycles. The van der Waals surface area contributed by atoms with Crippen molar-refractivity contribution in [1.82, 2.24) is 0 Å². The summed E-state index contributed by atoms with van der Waals surface area (Å²) in [6.07, 6.45) is -1.55. The van der Waals surface area contributed by atoms with Crippen LogP contribution >= 0.6 is 0 Å². The van der Waals surface area contributed by atoms with E-state index in [4.69, 9.17) is 9.84 Å². The van der Waals surface area contributed by atoms with Crippen molar-refractivity contribution in [2.24, 2.45) is 0 Å². The van der Waals surface area contributed by atoms with Crippen molar-refractivity contribution >= 4 is 5.97 Å². The van der Waals surface area contributed by atoms with Crippen LogP contribution in [0.3, 0.4) is 0 Å². The number of hydrogen-bond donors (Lipinski definition) is 3. The van der Waals surface area contributed by atoms with Crippen LogP contribution in [-0.2, 0) is 10.2 Å². The highest BCUT2D eigenvalue weighted by Crippen LogP contribution is 2.34. The summed E-state index contributed by atoms with van der Waals surface area (Å²) in [5.74, 6) is -1.09. The Balaban J connectivity index is 3.15. The van der Waals surface area contributed by atoms with Gasteiger partial charge in [0.1, 0.15) is 0 Å². The summed E-state index contributed by atoms with van der Waals surface area (Å²) in [5, 5.41) is 28.0. The van der Waals surface area contributed by atoms with Crippen molar-refractivity contribution in [1.29, 1.82) is 0 Å². The highest BCUT2D eigenvalue weighted by atomic mass is 16.5. The van der Waals surface area contributed by atoms with Crippen LogP contribution in [0.4, 0.5) is 0 Å². The van der Waals surface area contributed by atoms with Gasteiger partial charge in [0, 0.05) is 5.41 Å². The molecule has 17 heavy (non-hydrogen) atoms. The predicted octanol–water partition coefficient (Wildman–Crippen LogP) is 1.12. The highest BCUT2D eigenvalue weighted by molar-refractivity contribution is 5.74.